The SMILES string of the molecule is CO[C@H]1[C@H](OC(C)=O)C(OC(C)=O)P(=O)(C(C)C)C[C@H]1OC(C)=O. The van der Waals surface area contributed by atoms with Gasteiger partial charge in [0.15, 0.2) is 11.9 Å². The van der Waals surface area contributed by atoms with Gasteiger partial charge in [-0.05, 0) is 0 Å². The lowest BCUT2D eigenvalue weighted by Gasteiger charge is -2.45. The summed E-state index contributed by atoms with van der Waals surface area (Å²) >= 11 is 0. The second-order valence-corrected chi connectivity index (χ2v) is 9.67. The van der Waals surface area contributed by atoms with Crippen molar-refractivity contribution in [3.05, 3.63) is 0 Å². The minimum absolute atomic E-state index is 0.0154. The summed E-state index contributed by atoms with van der Waals surface area (Å²) in [5, 5.41) is 0. The summed E-state index contributed by atoms with van der Waals surface area (Å²) in [6.07, 6.45) is -2.89. The number of methoxy groups -OCH3 is 1. The molecule has 0 N–H and O–H groups in total. The molecule has 0 aromatic carbocycles. The van der Waals surface area contributed by atoms with Gasteiger partial charge in [-0.25, -0.2) is 0 Å². The van der Waals surface area contributed by atoms with Gasteiger partial charge in [0.2, 0.25) is 0 Å². The van der Waals surface area contributed by atoms with Crippen LogP contribution >= 0.6 is 7.14 Å². The van der Waals surface area contributed by atoms with E-state index in [1.54, 1.807) is 13.8 Å². The molecule has 5 atom stereocenters. The van der Waals surface area contributed by atoms with Gasteiger partial charge in [0, 0.05) is 39.7 Å². The smallest absolute Gasteiger partial charge is 0.303 e. The maximum absolute atomic E-state index is 13.5. The van der Waals surface area contributed by atoms with E-state index < -0.39 is 49.2 Å². The number of carbonyl (C=O) groups excluding carboxylic acids is 3. The maximum atomic E-state index is 13.5. The van der Waals surface area contributed by atoms with Crippen LogP contribution in [0.15, 0.2) is 0 Å². The molecule has 1 aliphatic rings. The Morgan fingerprint density at radius 2 is 1.42 bits per heavy atom. The van der Waals surface area contributed by atoms with Crippen LogP contribution in [0.1, 0.15) is 34.6 Å². The molecule has 9 heteroatoms. The Labute approximate surface area is 141 Å². The average molecular weight is 364 g/mol. The first-order valence-corrected chi connectivity index (χ1v) is 9.68. The predicted octanol–water partition coefficient (Wildman–Crippen LogP) is 1.54. The highest BCUT2D eigenvalue weighted by Crippen LogP contribution is 2.61. The number of carbonyl (C=O) groups is 3. The van der Waals surface area contributed by atoms with Gasteiger partial charge in [-0.1, -0.05) is 13.8 Å². The number of esters is 3. The molecule has 0 radical (unpaired) electrons. The summed E-state index contributed by atoms with van der Waals surface area (Å²) in [5.74, 6) is -2.99. The summed E-state index contributed by atoms with van der Waals surface area (Å²) in [5.41, 5.74) is -0.365. The van der Waals surface area contributed by atoms with E-state index >= 15 is 0 Å². The molecule has 1 fully saturated rings. The van der Waals surface area contributed by atoms with Crippen molar-refractivity contribution in [2.75, 3.05) is 13.3 Å². The molecule has 0 saturated carbocycles. The molecular weight excluding hydrogens is 339 g/mol. The Morgan fingerprint density at radius 1 is 0.917 bits per heavy atom. The monoisotopic (exact) mass is 364 g/mol. The van der Waals surface area contributed by atoms with E-state index in [9.17, 15) is 18.9 Å². The zero-order valence-electron chi connectivity index (χ0n) is 14.8. The van der Waals surface area contributed by atoms with Gasteiger partial charge in [-0.2, -0.15) is 0 Å². The lowest BCUT2D eigenvalue weighted by Crippen LogP contribution is -2.57. The first-order chi connectivity index (χ1) is 11.0. The van der Waals surface area contributed by atoms with Crippen molar-refractivity contribution in [1.29, 1.82) is 0 Å². The molecule has 8 nitrogen and oxygen atoms in total. The third-order valence-electron chi connectivity index (χ3n) is 3.92. The highest BCUT2D eigenvalue weighted by atomic mass is 31.2. The van der Waals surface area contributed by atoms with E-state index in [0.717, 1.165) is 0 Å². The Balaban J connectivity index is 3.38. The fourth-order valence-electron chi connectivity index (χ4n) is 2.86. The molecule has 0 amide bonds. The summed E-state index contributed by atoms with van der Waals surface area (Å²) in [7, 11) is -1.85. The first kappa shape index (κ1) is 20.6. The molecule has 0 bridgehead atoms. The second kappa shape index (κ2) is 8.12. The van der Waals surface area contributed by atoms with Crippen LogP contribution in [-0.4, -0.2) is 61.0 Å². The van der Waals surface area contributed by atoms with E-state index in [1.807, 2.05) is 0 Å². The summed E-state index contributed by atoms with van der Waals surface area (Å²) in [6.45, 7) is 7.05. The Morgan fingerprint density at radius 3 is 1.79 bits per heavy atom. The average Bonchev–Trinajstić information content (AvgIpc) is 2.41. The van der Waals surface area contributed by atoms with Crippen molar-refractivity contribution < 1.29 is 37.9 Å². The molecule has 1 saturated heterocycles. The van der Waals surface area contributed by atoms with Crippen LogP contribution in [0.3, 0.4) is 0 Å². The molecule has 0 aromatic heterocycles. The van der Waals surface area contributed by atoms with Crippen LogP contribution in [0, 0.1) is 0 Å². The third kappa shape index (κ3) is 4.57. The van der Waals surface area contributed by atoms with Gasteiger partial charge in [0.05, 0.1) is 0 Å². The molecule has 138 valence electrons. The van der Waals surface area contributed by atoms with E-state index in [0.29, 0.717) is 0 Å². The van der Waals surface area contributed by atoms with Crippen LogP contribution in [0.25, 0.3) is 0 Å². The van der Waals surface area contributed by atoms with Crippen LogP contribution in [-0.2, 0) is 37.9 Å². The Bertz CT molecular complexity index is 544. The third-order valence-corrected chi connectivity index (χ3v) is 7.86. The topological polar surface area (TPSA) is 105 Å². The van der Waals surface area contributed by atoms with Crippen molar-refractivity contribution in [3.8, 4) is 0 Å². The van der Waals surface area contributed by atoms with E-state index in [-0.39, 0.29) is 11.8 Å². The molecule has 1 aliphatic heterocycles. The lowest BCUT2D eigenvalue weighted by molar-refractivity contribution is -0.185. The standard InChI is InChI=1S/C15H25O8P/c1-8(2)24(19)7-12(21-9(3)16)13(20-6)14(22-10(4)17)15(24)23-11(5)18/h8,12-15H,7H2,1-6H3/t12-,13-,14+,15?,24?/m1/s1. The maximum Gasteiger partial charge on any atom is 0.303 e. The number of hydrogen-bond acceptors (Lipinski definition) is 8. The molecule has 0 aliphatic carbocycles. The fourth-order valence-corrected chi connectivity index (χ4v) is 5.98. The van der Waals surface area contributed by atoms with Crippen LogP contribution in [0.2, 0.25) is 0 Å². The van der Waals surface area contributed by atoms with Crippen LogP contribution < -0.4 is 0 Å². The van der Waals surface area contributed by atoms with Crippen molar-refractivity contribution in [2.45, 2.75) is 64.4 Å². The minimum Gasteiger partial charge on any atom is -0.459 e. The first-order valence-electron chi connectivity index (χ1n) is 7.65. The van der Waals surface area contributed by atoms with E-state index in [4.69, 9.17) is 18.9 Å². The predicted molar refractivity (Wildman–Crippen MR) is 85.1 cm³/mol. The fraction of sp³-hybridized carbons (Fsp3) is 0.800. The Hall–Kier alpha value is -1.40. The summed E-state index contributed by atoms with van der Waals surface area (Å²) in [6, 6.07) is 0. The van der Waals surface area contributed by atoms with Crippen LogP contribution in [0.5, 0.6) is 0 Å². The molecule has 1 rings (SSSR count). The summed E-state index contributed by atoms with van der Waals surface area (Å²) in [4.78, 5) is 34.4. The minimum atomic E-state index is -3.20. The largest absolute Gasteiger partial charge is 0.459 e. The molecular formula is C15H25O8P. The highest BCUT2D eigenvalue weighted by Gasteiger charge is 2.57. The highest BCUT2D eigenvalue weighted by molar-refractivity contribution is 7.65. The van der Waals surface area contributed by atoms with Gasteiger partial charge >= 0.3 is 17.9 Å². The number of hydrogen-bond donors (Lipinski definition) is 0. The van der Waals surface area contributed by atoms with Crippen molar-refractivity contribution in [2.24, 2.45) is 0 Å². The number of ether oxygens (including phenoxy) is 4. The van der Waals surface area contributed by atoms with Gasteiger partial charge in [0.25, 0.3) is 0 Å². The van der Waals surface area contributed by atoms with Gasteiger partial charge < -0.3 is 23.5 Å². The van der Waals surface area contributed by atoms with Gasteiger partial charge in [-0.15, -0.1) is 0 Å². The van der Waals surface area contributed by atoms with E-state index in [2.05, 4.69) is 0 Å². The molecule has 0 spiro atoms. The van der Waals surface area contributed by atoms with E-state index in [1.165, 1.54) is 27.9 Å². The molecule has 2 unspecified atom stereocenters. The molecule has 0 aromatic rings. The molecule has 1 heterocycles. The quantitative estimate of drug-likeness (QED) is 0.411. The lowest BCUT2D eigenvalue weighted by atomic mass is 10.1. The second-order valence-electron chi connectivity index (χ2n) is 6.05. The molecule has 24 heavy (non-hydrogen) atoms. The zero-order valence-corrected chi connectivity index (χ0v) is 15.7. The van der Waals surface area contributed by atoms with Gasteiger partial charge in [0.1, 0.15) is 19.3 Å². The Kier molecular flexibility index (Phi) is 6.98. The number of rotatable bonds is 5. The van der Waals surface area contributed by atoms with Crippen molar-refractivity contribution in [1.82, 2.24) is 0 Å². The zero-order chi connectivity index (χ0) is 18.7. The summed E-state index contributed by atoms with van der Waals surface area (Å²) < 4.78 is 34.6. The van der Waals surface area contributed by atoms with Crippen molar-refractivity contribution >= 4 is 25.0 Å². The van der Waals surface area contributed by atoms with Crippen LogP contribution in [0.4, 0.5) is 0 Å². The van der Waals surface area contributed by atoms with Gasteiger partial charge in [-0.3, -0.25) is 14.4 Å². The normalized spacial score (nSPS) is 33.0. The van der Waals surface area contributed by atoms with Crippen molar-refractivity contribution in [3.63, 3.8) is 0 Å².